The average Bonchev–Trinajstić information content (AvgIpc) is 2.74. The number of hydrogen-bond acceptors (Lipinski definition) is 5. The van der Waals surface area contributed by atoms with E-state index in [0.29, 0.717) is 36.6 Å². The summed E-state index contributed by atoms with van der Waals surface area (Å²) in [5.74, 6) is -0.166. The number of carbonyl (C=O) groups is 2. The lowest BCUT2D eigenvalue weighted by Crippen LogP contribution is -2.49. The summed E-state index contributed by atoms with van der Waals surface area (Å²) in [7, 11) is 0. The highest BCUT2D eigenvalue weighted by molar-refractivity contribution is 9.10. The van der Waals surface area contributed by atoms with Crippen LogP contribution in [0.4, 0.5) is 5.69 Å². The third-order valence-electron chi connectivity index (χ3n) is 4.68. The van der Waals surface area contributed by atoms with Gasteiger partial charge in [-0.15, -0.1) is 0 Å². The first-order valence-electron chi connectivity index (χ1n) is 9.28. The number of amides is 2. The predicted octanol–water partition coefficient (Wildman–Crippen LogP) is 4.21. The Kier molecular flexibility index (Phi) is 7.28. The van der Waals surface area contributed by atoms with Crippen LogP contribution in [0.2, 0.25) is 0 Å². The fourth-order valence-electron chi connectivity index (χ4n) is 3.01. The molecule has 1 heterocycles. The number of carbonyl (C=O) groups excluding carboxylic acids is 2. The van der Waals surface area contributed by atoms with Gasteiger partial charge in [0.1, 0.15) is 0 Å². The van der Waals surface area contributed by atoms with Crippen LogP contribution in [0.5, 0.6) is 0 Å². The van der Waals surface area contributed by atoms with Gasteiger partial charge in [0.15, 0.2) is 0 Å². The van der Waals surface area contributed by atoms with E-state index < -0.39 is 4.92 Å². The summed E-state index contributed by atoms with van der Waals surface area (Å²) in [5, 5.41) is 11.5. The third kappa shape index (κ3) is 5.70. The van der Waals surface area contributed by atoms with Crippen molar-refractivity contribution in [3.63, 3.8) is 0 Å². The van der Waals surface area contributed by atoms with E-state index in [1.165, 1.54) is 30.8 Å². The van der Waals surface area contributed by atoms with E-state index in [9.17, 15) is 19.7 Å². The second-order valence-corrected chi connectivity index (χ2v) is 8.74. The summed E-state index contributed by atoms with van der Waals surface area (Å²) in [6, 6.07) is 12.5. The molecule has 0 unspecified atom stereocenters. The lowest BCUT2D eigenvalue weighted by atomic mass is 10.2. The van der Waals surface area contributed by atoms with Gasteiger partial charge in [-0.25, -0.2) is 0 Å². The molecular weight excluding hydrogens is 470 g/mol. The molecule has 0 N–H and O–H groups in total. The zero-order valence-corrected chi connectivity index (χ0v) is 18.7. The maximum atomic E-state index is 12.4. The van der Waals surface area contributed by atoms with Gasteiger partial charge in [0.05, 0.1) is 9.82 Å². The molecule has 0 saturated carbocycles. The molecule has 2 aromatic carbocycles. The van der Waals surface area contributed by atoms with Crippen LogP contribution >= 0.6 is 27.7 Å². The first-order chi connectivity index (χ1) is 14.3. The maximum absolute atomic E-state index is 12.4. The van der Waals surface area contributed by atoms with Crippen LogP contribution in [0.25, 0.3) is 6.08 Å². The number of hydrogen-bond donors (Lipinski definition) is 0. The van der Waals surface area contributed by atoms with Crippen LogP contribution in [-0.4, -0.2) is 52.7 Å². The summed E-state index contributed by atoms with van der Waals surface area (Å²) in [5.41, 5.74) is 0.574. The fourth-order valence-corrected chi connectivity index (χ4v) is 4.18. The van der Waals surface area contributed by atoms with E-state index in [-0.39, 0.29) is 17.5 Å². The number of nitrogens with zero attached hydrogens (tertiary/aromatic N) is 3. The SMILES string of the molecule is CC(=O)N1CCN(C(=O)/C=C/c2ccc(Sc3ccc(Br)cc3)c([N+](=O)[O-])c2)CC1. The minimum Gasteiger partial charge on any atom is -0.339 e. The van der Waals surface area contributed by atoms with Crippen molar-refractivity contribution >= 4 is 51.3 Å². The van der Waals surface area contributed by atoms with Gasteiger partial charge in [0, 0.05) is 54.6 Å². The third-order valence-corrected chi connectivity index (χ3v) is 6.28. The Morgan fingerprint density at radius 2 is 1.70 bits per heavy atom. The minimum atomic E-state index is -0.415. The first kappa shape index (κ1) is 22.0. The van der Waals surface area contributed by atoms with Gasteiger partial charge in [0.25, 0.3) is 5.69 Å². The van der Waals surface area contributed by atoms with Crippen molar-refractivity contribution in [2.45, 2.75) is 16.7 Å². The Balaban J connectivity index is 1.69. The molecule has 1 aliphatic rings. The predicted molar refractivity (Wildman–Crippen MR) is 119 cm³/mol. The van der Waals surface area contributed by atoms with Crippen LogP contribution in [0.3, 0.4) is 0 Å². The molecule has 2 amide bonds. The first-order valence-corrected chi connectivity index (χ1v) is 10.9. The Hall–Kier alpha value is -2.65. The number of nitro groups is 1. The van der Waals surface area contributed by atoms with E-state index in [2.05, 4.69) is 15.9 Å². The molecule has 0 radical (unpaired) electrons. The van der Waals surface area contributed by atoms with Crippen LogP contribution < -0.4 is 0 Å². The highest BCUT2D eigenvalue weighted by Crippen LogP contribution is 2.36. The van der Waals surface area contributed by atoms with Crippen LogP contribution in [0.1, 0.15) is 12.5 Å². The standard InChI is InChI=1S/C21H20BrN3O4S/c1-15(26)23-10-12-24(13-11-23)21(27)9-3-16-2-8-20(19(14-16)25(28)29)30-18-6-4-17(22)5-7-18/h2-9,14H,10-13H2,1H3/b9-3+. The van der Waals surface area contributed by atoms with E-state index in [4.69, 9.17) is 0 Å². The molecule has 9 heteroatoms. The molecule has 1 fully saturated rings. The van der Waals surface area contributed by atoms with Crippen molar-refractivity contribution in [1.29, 1.82) is 0 Å². The highest BCUT2D eigenvalue weighted by Gasteiger charge is 2.21. The van der Waals surface area contributed by atoms with Crippen molar-refractivity contribution in [2.75, 3.05) is 26.2 Å². The average molecular weight is 490 g/mol. The van der Waals surface area contributed by atoms with Gasteiger partial charge in [-0.1, -0.05) is 33.8 Å². The number of piperazine rings is 1. The molecule has 30 heavy (non-hydrogen) atoms. The zero-order valence-electron chi connectivity index (χ0n) is 16.3. The van der Waals surface area contributed by atoms with Crippen LogP contribution in [0, 0.1) is 10.1 Å². The largest absolute Gasteiger partial charge is 0.339 e. The molecule has 0 aromatic heterocycles. The molecule has 0 spiro atoms. The Labute approximate surface area is 187 Å². The van der Waals surface area contributed by atoms with E-state index in [0.717, 1.165) is 9.37 Å². The lowest BCUT2D eigenvalue weighted by molar-refractivity contribution is -0.387. The number of benzene rings is 2. The molecule has 156 valence electrons. The second kappa shape index (κ2) is 9.90. The summed E-state index contributed by atoms with van der Waals surface area (Å²) in [4.78, 5) is 39.7. The van der Waals surface area contributed by atoms with Crippen molar-refractivity contribution in [3.05, 3.63) is 68.7 Å². The van der Waals surface area contributed by atoms with Gasteiger partial charge >= 0.3 is 0 Å². The van der Waals surface area contributed by atoms with Gasteiger partial charge in [0.2, 0.25) is 11.8 Å². The minimum absolute atomic E-state index is 0.00560. The van der Waals surface area contributed by atoms with E-state index >= 15 is 0 Å². The molecule has 0 atom stereocenters. The molecule has 0 aliphatic carbocycles. The second-order valence-electron chi connectivity index (χ2n) is 6.70. The van der Waals surface area contributed by atoms with E-state index in [1.54, 1.807) is 28.0 Å². The monoisotopic (exact) mass is 489 g/mol. The Bertz CT molecular complexity index is 986. The fraction of sp³-hybridized carbons (Fsp3) is 0.238. The molecule has 1 aliphatic heterocycles. The normalized spacial score (nSPS) is 14.2. The smallest absolute Gasteiger partial charge is 0.283 e. The van der Waals surface area contributed by atoms with Crippen molar-refractivity contribution in [1.82, 2.24) is 9.80 Å². The summed E-state index contributed by atoms with van der Waals surface area (Å²) in [6.07, 6.45) is 3.00. The van der Waals surface area contributed by atoms with Crippen molar-refractivity contribution in [3.8, 4) is 0 Å². The summed E-state index contributed by atoms with van der Waals surface area (Å²) >= 11 is 4.69. The highest BCUT2D eigenvalue weighted by atomic mass is 79.9. The van der Waals surface area contributed by atoms with E-state index in [1.807, 2.05) is 24.3 Å². The number of rotatable bonds is 5. The molecule has 3 rings (SSSR count). The number of halogens is 1. The quantitative estimate of drug-likeness (QED) is 0.356. The molecule has 1 saturated heterocycles. The summed E-state index contributed by atoms with van der Waals surface area (Å²) < 4.78 is 0.939. The number of nitro benzene ring substituents is 1. The van der Waals surface area contributed by atoms with Gasteiger partial charge in [-0.05, 0) is 42.0 Å². The Morgan fingerprint density at radius 1 is 1.07 bits per heavy atom. The van der Waals surface area contributed by atoms with Crippen LogP contribution in [-0.2, 0) is 9.59 Å². The zero-order chi connectivity index (χ0) is 21.7. The molecular formula is C21H20BrN3O4S. The Morgan fingerprint density at radius 3 is 2.30 bits per heavy atom. The van der Waals surface area contributed by atoms with Crippen molar-refractivity contribution in [2.24, 2.45) is 0 Å². The van der Waals surface area contributed by atoms with Gasteiger partial charge in [-0.2, -0.15) is 0 Å². The maximum Gasteiger partial charge on any atom is 0.283 e. The molecule has 2 aromatic rings. The van der Waals surface area contributed by atoms with Crippen molar-refractivity contribution < 1.29 is 14.5 Å². The van der Waals surface area contributed by atoms with Gasteiger partial charge < -0.3 is 9.80 Å². The van der Waals surface area contributed by atoms with Gasteiger partial charge in [-0.3, -0.25) is 19.7 Å². The molecule has 7 nitrogen and oxygen atoms in total. The molecule has 0 bridgehead atoms. The topological polar surface area (TPSA) is 83.8 Å². The van der Waals surface area contributed by atoms with Crippen LogP contribution in [0.15, 0.2) is 62.8 Å². The summed E-state index contributed by atoms with van der Waals surface area (Å²) in [6.45, 7) is 3.50. The lowest BCUT2D eigenvalue weighted by Gasteiger charge is -2.33.